The number of oxazole rings is 1. The van der Waals surface area contributed by atoms with E-state index in [-0.39, 0.29) is 11.6 Å². The molecule has 4 rings (SSSR count). The van der Waals surface area contributed by atoms with Gasteiger partial charge in [-0.25, -0.2) is 9.97 Å². The van der Waals surface area contributed by atoms with Gasteiger partial charge in [0.25, 0.3) is 5.91 Å². The zero-order chi connectivity index (χ0) is 15.6. The summed E-state index contributed by atoms with van der Waals surface area (Å²) >= 11 is 0. The monoisotopic (exact) mass is 306 g/mol. The molecule has 6 nitrogen and oxygen atoms in total. The SMILES string of the molecule is O=C(Nc1cc(-c2cccnc2)ccn1)c1coc(C2CC2)n1. The van der Waals surface area contributed by atoms with Crippen LogP contribution >= 0.6 is 0 Å². The first-order valence-corrected chi connectivity index (χ1v) is 7.43. The highest BCUT2D eigenvalue weighted by Crippen LogP contribution is 2.39. The van der Waals surface area contributed by atoms with E-state index in [2.05, 4.69) is 20.3 Å². The van der Waals surface area contributed by atoms with Crippen molar-refractivity contribution in [1.82, 2.24) is 15.0 Å². The van der Waals surface area contributed by atoms with Crippen molar-refractivity contribution in [3.05, 3.63) is 60.7 Å². The smallest absolute Gasteiger partial charge is 0.278 e. The number of carbonyl (C=O) groups is 1. The first-order chi connectivity index (χ1) is 11.3. The summed E-state index contributed by atoms with van der Waals surface area (Å²) in [4.78, 5) is 24.7. The van der Waals surface area contributed by atoms with E-state index >= 15 is 0 Å². The molecule has 1 aliphatic rings. The Labute approximate surface area is 132 Å². The number of anilines is 1. The van der Waals surface area contributed by atoms with Crippen molar-refractivity contribution in [2.75, 3.05) is 5.32 Å². The molecule has 1 amide bonds. The van der Waals surface area contributed by atoms with E-state index in [1.807, 2.05) is 18.2 Å². The molecule has 3 aromatic heterocycles. The first-order valence-electron chi connectivity index (χ1n) is 7.43. The summed E-state index contributed by atoms with van der Waals surface area (Å²) in [5.74, 6) is 1.17. The van der Waals surface area contributed by atoms with Crippen LogP contribution in [0.1, 0.15) is 35.1 Å². The van der Waals surface area contributed by atoms with Crippen LogP contribution in [0.5, 0.6) is 0 Å². The molecule has 0 spiro atoms. The second kappa shape index (κ2) is 5.64. The van der Waals surface area contributed by atoms with Gasteiger partial charge in [-0.1, -0.05) is 6.07 Å². The van der Waals surface area contributed by atoms with Crippen LogP contribution in [0, 0.1) is 0 Å². The average molecular weight is 306 g/mol. The lowest BCUT2D eigenvalue weighted by molar-refractivity contribution is 0.102. The van der Waals surface area contributed by atoms with Crippen LogP contribution < -0.4 is 5.32 Å². The molecule has 3 aromatic rings. The highest BCUT2D eigenvalue weighted by molar-refractivity contribution is 6.02. The van der Waals surface area contributed by atoms with E-state index in [0.29, 0.717) is 17.6 Å². The third-order valence-electron chi connectivity index (χ3n) is 3.68. The second-order valence-corrected chi connectivity index (χ2v) is 5.47. The summed E-state index contributed by atoms with van der Waals surface area (Å²) in [6.45, 7) is 0. The predicted molar refractivity (Wildman–Crippen MR) is 83.9 cm³/mol. The van der Waals surface area contributed by atoms with Crippen LogP contribution in [0.15, 0.2) is 53.5 Å². The fourth-order valence-corrected chi connectivity index (χ4v) is 2.30. The molecule has 0 unspecified atom stereocenters. The standard InChI is InChI=1S/C17H14N4O2/c22-16(14-10-23-17(20-14)11-3-4-11)21-15-8-12(5-7-19-15)13-2-1-6-18-9-13/h1-2,5-11H,3-4H2,(H,19,21,22). The largest absolute Gasteiger partial charge is 0.448 e. The Morgan fingerprint density at radius 3 is 2.91 bits per heavy atom. The summed E-state index contributed by atoms with van der Waals surface area (Å²) in [5.41, 5.74) is 2.17. The van der Waals surface area contributed by atoms with Crippen molar-refractivity contribution in [1.29, 1.82) is 0 Å². The normalized spacial score (nSPS) is 13.7. The summed E-state index contributed by atoms with van der Waals surface area (Å²) < 4.78 is 5.34. The number of pyridine rings is 2. The average Bonchev–Trinajstić information content (AvgIpc) is 3.33. The summed E-state index contributed by atoms with van der Waals surface area (Å²) in [6.07, 6.45) is 8.69. The van der Waals surface area contributed by atoms with Crippen LogP contribution in [0.25, 0.3) is 11.1 Å². The Morgan fingerprint density at radius 2 is 2.13 bits per heavy atom. The summed E-state index contributed by atoms with van der Waals surface area (Å²) in [5, 5.41) is 2.75. The van der Waals surface area contributed by atoms with Crippen LogP contribution in [-0.4, -0.2) is 20.9 Å². The number of amides is 1. The van der Waals surface area contributed by atoms with Gasteiger partial charge in [0.05, 0.1) is 0 Å². The molecule has 0 aromatic carbocycles. The lowest BCUT2D eigenvalue weighted by Gasteiger charge is -2.05. The number of hydrogen-bond acceptors (Lipinski definition) is 5. The maximum absolute atomic E-state index is 12.2. The molecule has 114 valence electrons. The van der Waals surface area contributed by atoms with Crippen molar-refractivity contribution in [2.45, 2.75) is 18.8 Å². The van der Waals surface area contributed by atoms with Crippen LogP contribution in [0.3, 0.4) is 0 Å². The minimum atomic E-state index is -0.323. The zero-order valence-electron chi connectivity index (χ0n) is 12.3. The van der Waals surface area contributed by atoms with Crippen LogP contribution in [0.4, 0.5) is 5.82 Å². The van der Waals surface area contributed by atoms with Gasteiger partial charge in [0.2, 0.25) is 0 Å². The van der Waals surface area contributed by atoms with Gasteiger partial charge in [0.15, 0.2) is 11.6 Å². The second-order valence-electron chi connectivity index (χ2n) is 5.47. The predicted octanol–water partition coefficient (Wildman–Crippen LogP) is 3.26. The number of aromatic nitrogens is 3. The third-order valence-corrected chi connectivity index (χ3v) is 3.68. The maximum Gasteiger partial charge on any atom is 0.278 e. The fourth-order valence-electron chi connectivity index (χ4n) is 2.30. The first kappa shape index (κ1) is 13.6. The Morgan fingerprint density at radius 1 is 1.22 bits per heavy atom. The Kier molecular flexibility index (Phi) is 3.34. The van der Waals surface area contributed by atoms with Gasteiger partial charge in [0.1, 0.15) is 12.1 Å². The van der Waals surface area contributed by atoms with E-state index in [4.69, 9.17) is 4.42 Å². The van der Waals surface area contributed by atoms with Crippen molar-refractivity contribution in [3.63, 3.8) is 0 Å². The van der Waals surface area contributed by atoms with Gasteiger partial charge in [-0.05, 0) is 36.6 Å². The van der Waals surface area contributed by atoms with Gasteiger partial charge in [-0.2, -0.15) is 0 Å². The number of nitrogens with zero attached hydrogens (tertiary/aromatic N) is 3. The highest BCUT2D eigenvalue weighted by Gasteiger charge is 2.29. The Balaban J connectivity index is 1.52. The van der Waals surface area contributed by atoms with E-state index in [9.17, 15) is 4.79 Å². The lowest BCUT2D eigenvalue weighted by Crippen LogP contribution is -2.13. The Hall–Kier alpha value is -3.02. The molecule has 0 atom stereocenters. The maximum atomic E-state index is 12.2. The van der Waals surface area contributed by atoms with Crippen molar-refractivity contribution in [3.8, 4) is 11.1 Å². The molecule has 3 heterocycles. The van der Waals surface area contributed by atoms with Gasteiger partial charge >= 0.3 is 0 Å². The van der Waals surface area contributed by atoms with Crippen LogP contribution in [-0.2, 0) is 0 Å². The summed E-state index contributed by atoms with van der Waals surface area (Å²) in [6, 6.07) is 7.49. The van der Waals surface area contributed by atoms with E-state index in [1.54, 1.807) is 24.7 Å². The van der Waals surface area contributed by atoms with Gasteiger partial charge in [-0.15, -0.1) is 0 Å². The van der Waals surface area contributed by atoms with Crippen molar-refractivity contribution >= 4 is 11.7 Å². The Bertz CT molecular complexity index is 841. The molecular weight excluding hydrogens is 292 g/mol. The molecule has 1 aliphatic carbocycles. The van der Waals surface area contributed by atoms with E-state index in [0.717, 1.165) is 24.0 Å². The quantitative estimate of drug-likeness (QED) is 0.800. The van der Waals surface area contributed by atoms with E-state index in [1.165, 1.54) is 6.26 Å². The van der Waals surface area contributed by atoms with Crippen LogP contribution in [0.2, 0.25) is 0 Å². The third kappa shape index (κ3) is 2.96. The van der Waals surface area contributed by atoms with Gasteiger partial charge in [0, 0.05) is 30.1 Å². The molecule has 0 bridgehead atoms. The van der Waals surface area contributed by atoms with Crippen molar-refractivity contribution in [2.24, 2.45) is 0 Å². The number of nitrogens with one attached hydrogen (secondary N) is 1. The molecule has 0 saturated heterocycles. The molecule has 1 fully saturated rings. The molecule has 1 N–H and O–H groups in total. The van der Waals surface area contributed by atoms with E-state index < -0.39 is 0 Å². The molecule has 23 heavy (non-hydrogen) atoms. The summed E-state index contributed by atoms with van der Waals surface area (Å²) in [7, 11) is 0. The number of hydrogen-bond donors (Lipinski definition) is 1. The molecule has 1 saturated carbocycles. The van der Waals surface area contributed by atoms with Crippen molar-refractivity contribution < 1.29 is 9.21 Å². The zero-order valence-corrected chi connectivity index (χ0v) is 12.3. The molecular formula is C17H14N4O2. The minimum Gasteiger partial charge on any atom is -0.448 e. The lowest BCUT2D eigenvalue weighted by atomic mass is 10.1. The highest BCUT2D eigenvalue weighted by atomic mass is 16.3. The van der Waals surface area contributed by atoms with Gasteiger partial charge < -0.3 is 9.73 Å². The minimum absolute atomic E-state index is 0.278. The number of carbonyl (C=O) groups excluding carboxylic acids is 1. The molecule has 0 aliphatic heterocycles. The fraction of sp³-hybridized carbons (Fsp3) is 0.176. The molecule has 0 radical (unpaired) electrons. The molecule has 6 heteroatoms. The number of rotatable bonds is 4. The van der Waals surface area contributed by atoms with Gasteiger partial charge in [-0.3, -0.25) is 9.78 Å². The topological polar surface area (TPSA) is 80.9 Å².